The van der Waals surface area contributed by atoms with Crippen LogP contribution in [0.25, 0.3) is 0 Å². The molecular formula is C25H29FN2O5. The van der Waals surface area contributed by atoms with Crippen molar-refractivity contribution >= 4 is 23.5 Å². The van der Waals surface area contributed by atoms with Gasteiger partial charge in [-0.3, -0.25) is 9.59 Å². The fourth-order valence-electron chi connectivity index (χ4n) is 3.90. The number of nitrogens with one attached hydrogen (secondary N) is 1. The summed E-state index contributed by atoms with van der Waals surface area (Å²) in [5.74, 6) is -1.30. The first-order valence-electron chi connectivity index (χ1n) is 11.0. The fourth-order valence-corrected chi connectivity index (χ4v) is 3.90. The molecule has 2 aromatic rings. The van der Waals surface area contributed by atoms with Crippen LogP contribution in [-0.2, 0) is 14.3 Å². The maximum absolute atomic E-state index is 13.6. The molecule has 0 aromatic heterocycles. The van der Waals surface area contributed by atoms with Gasteiger partial charge in [0.2, 0.25) is 0 Å². The van der Waals surface area contributed by atoms with E-state index in [0.717, 1.165) is 19.3 Å². The number of nitrogens with zero attached hydrogens (tertiary/aromatic N) is 1. The average molecular weight is 457 g/mol. The van der Waals surface area contributed by atoms with Crippen LogP contribution in [0.5, 0.6) is 5.75 Å². The lowest BCUT2D eigenvalue weighted by atomic mass is 9.97. The Labute approximate surface area is 192 Å². The van der Waals surface area contributed by atoms with Crippen molar-refractivity contribution in [3.05, 3.63) is 59.4 Å². The van der Waals surface area contributed by atoms with E-state index in [9.17, 15) is 18.8 Å². The molecule has 7 nitrogen and oxygen atoms in total. The lowest BCUT2D eigenvalue weighted by Gasteiger charge is -2.38. The number of rotatable bonds is 7. The monoisotopic (exact) mass is 456 g/mol. The molecular weight excluding hydrogens is 427 g/mol. The SMILES string of the molecule is Cc1ccc(NC(=O)COC(=O)c2ccc(OCC(=O)N3[C@H](C)CCC[C@@H]3C)cc2)cc1F. The molecule has 1 heterocycles. The standard InChI is InChI=1S/C25H29FN2O5/c1-16-7-10-20(13-22(16)26)27-23(29)14-33-25(31)19-8-11-21(12-9-19)32-15-24(30)28-17(2)5-4-6-18(28)3/h7-13,17-18H,4-6,14-15H2,1-3H3,(H,27,29)/t17-,18+. The number of hydrogen-bond acceptors (Lipinski definition) is 5. The number of anilines is 1. The third kappa shape index (κ3) is 6.54. The number of carbonyl (C=O) groups is 3. The lowest BCUT2D eigenvalue weighted by molar-refractivity contribution is -0.139. The van der Waals surface area contributed by atoms with Crippen molar-refractivity contribution in [2.75, 3.05) is 18.5 Å². The first kappa shape index (κ1) is 24.2. The van der Waals surface area contributed by atoms with Crippen LogP contribution in [0.4, 0.5) is 10.1 Å². The van der Waals surface area contributed by atoms with Gasteiger partial charge in [-0.15, -0.1) is 0 Å². The predicted octanol–water partition coefficient (Wildman–Crippen LogP) is 4.10. The van der Waals surface area contributed by atoms with Crippen molar-refractivity contribution in [1.29, 1.82) is 0 Å². The summed E-state index contributed by atoms with van der Waals surface area (Å²) in [4.78, 5) is 38.6. The average Bonchev–Trinajstić information content (AvgIpc) is 2.79. The Morgan fingerprint density at radius 1 is 1.03 bits per heavy atom. The highest BCUT2D eigenvalue weighted by molar-refractivity contribution is 5.95. The second-order valence-electron chi connectivity index (χ2n) is 8.33. The van der Waals surface area contributed by atoms with E-state index >= 15 is 0 Å². The summed E-state index contributed by atoms with van der Waals surface area (Å²) in [5, 5.41) is 2.47. The van der Waals surface area contributed by atoms with Crippen molar-refractivity contribution in [2.24, 2.45) is 0 Å². The van der Waals surface area contributed by atoms with E-state index in [2.05, 4.69) is 5.32 Å². The lowest BCUT2D eigenvalue weighted by Crippen LogP contribution is -2.49. The van der Waals surface area contributed by atoms with Gasteiger partial charge in [0.15, 0.2) is 13.2 Å². The molecule has 2 atom stereocenters. The largest absolute Gasteiger partial charge is 0.484 e. The van der Waals surface area contributed by atoms with Gasteiger partial charge in [-0.25, -0.2) is 9.18 Å². The molecule has 8 heteroatoms. The van der Waals surface area contributed by atoms with Gasteiger partial charge in [0, 0.05) is 17.8 Å². The number of likely N-dealkylation sites (tertiary alicyclic amines) is 1. The first-order chi connectivity index (χ1) is 15.7. The number of carbonyl (C=O) groups excluding carboxylic acids is 3. The van der Waals surface area contributed by atoms with Gasteiger partial charge in [0.05, 0.1) is 5.56 Å². The van der Waals surface area contributed by atoms with Gasteiger partial charge in [-0.05, 0) is 82.0 Å². The maximum Gasteiger partial charge on any atom is 0.338 e. The molecule has 1 N–H and O–H groups in total. The van der Waals surface area contributed by atoms with Gasteiger partial charge < -0.3 is 19.7 Å². The minimum Gasteiger partial charge on any atom is -0.484 e. The Hall–Kier alpha value is -3.42. The summed E-state index contributed by atoms with van der Waals surface area (Å²) in [6, 6.07) is 10.8. The second kappa shape index (κ2) is 10.9. The highest BCUT2D eigenvalue weighted by atomic mass is 19.1. The van der Waals surface area contributed by atoms with Crippen LogP contribution in [0.2, 0.25) is 0 Å². The first-order valence-corrected chi connectivity index (χ1v) is 11.0. The molecule has 1 aliphatic heterocycles. The number of aryl methyl sites for hydroxylation is 1. The quantitative estimate of drug-likeness (QED) is 0.634. The van der Waals surface area contributed by atoms with Crippen LogP contribution in [0, 0.1) is 12.7 Å². The molecule has 0 aliphatic carbocycles. The van der Waals surface area contributed by atoms with Crippen molar-refractivity contribution in [2.45, 2.75) is 52.1 Å². The molecule has 0 bridgehead atoms. The third-order valence-corrected chi connectivity index (χ3v) is 5.72. The summed E-state index contributed by atoms with van der Waals surface area (Å²) in [6.07, 6.45) is 3.11. The number of amides is 2. The minimum absolute atomic E-state index is 0.0577. The van der Waals surface area contributed by atoms with Gasteiger partial charge in [0.1, 0.15) is 11.6 Å². The van der Waals surface area contributed by atoms with E-state index in [0.29, 0.717) is 11.3 Å². The zero-order valence-electron chi connectivity index (χ0n) is 19.1. The summed E-state index contributed by atoms with van der Waals surface area (Å²) < 4.78 is 24.2. The molecule has 1 saturated heterocycles. The molecule has 33 heavy (non-hydrogen) atoms. The zero-order valence-corrected chi connectivity index (χ0v) is 19.1. The molecule has 3 rings (SSSR count). The minimum atomic E-state index is -0.682. The van der Waals surface area contributed by atoms with Crippen LogP contribution in [0.1, 0.15) is 49.0 Å². The smallest absolute Gasteiger partial charge is 0.338 e. The fraction of sp³-hybridized carbons (Fsp3) is 0.400. The van der Waals surface area contributed by atoms with Crippen LogP contribution < -0.4 is 10.1 Å². The van der Waals surface area contributed by atoms with Gasteiger partial charge >= 0.3 is 5.97 Å². The van der Waals surface area contributed by atoms with E-state index in [4.69, 9.17) is 9.47 Å². The Bertz CT molecular complexity index is 998. The van der Waals surface area contributed by atoms with Gasteiger partial charge in [-0.2, -0.15) is 0 Å². The van der Waals surface area contributed by atoms with Crippen LogP contribution in [-0.4, -0.2) is 48.0 Å². The molecule has 0 unspecified atom stereocenters. The Balaban J connectivity index is 1.46. The molecule has 0 radical (unpaired) electrons. The highest BCUT2D eigenvalue weighted by Gasteiger charge is 2.29. The highest BCUT2D eigenvalue weighted by Crippen LogP contribution is 2.23. The topological polar surface area (TPSA) is 84.9 Å². The number of benzene rings is 2. The van der Waals surface area contributed by atoms with E-state index in [1.165, 1.54) is 18.2 Å². The normalized spacial score (nSPS) is 17.9. The van der Waals surface area contributed by atoms with Crippen LogP contribution in [0.15, 0.2) is 42.5 Å². The van der Waals surface area contributed by atoms with E-state index in [1.807, 2.05) is 18.7 Å². The second-order valence-corrected chi connectivity index (χ2v) is 8.33. The summed E-state index contributed by atoms with van der Waals surface area (Å²) in [7, 11) is 0. The van der Waals surface area contributed by atoms with Crippen LogP contribution in [0.3, 0.4) is 0 Å². The van der Waals surface area contributed by atoms with E-state index in [-0.39, 0.29) is 35.8 Å². The van der Waals surface area contributed by atoms with Crippen molar-refractivity contribution in [1.82, 2.24) is 4.90 Å². The third-order valence-electron chi connectivity index (χ3n) is 5.72. The van der Waals surface area contributed by atoms with Crippen LogP contribution >= 0.6 is 0 Å². The number of hydrogen-bond donors (Lipinski definition) is 1. The number of piperidine rings is 1. The Morgan fingerprint density at radius 3 is 2.33 bits per heavy atom. The molecule has 2 aromatic carbocycles. The van der Waals surface area contributed by atoms with Gasteiger partial charge in [0.25, 0.3) is 11.8 Å². The molecule has 0 saturated carbocycles. The number of halogens is 1. The zero-order chi connectivity index (χ0) is 24.0. The number of esters is 1. The Morgan fingerprint density at radius 2 is 1.70 bits per heavy atom. The molecule has 176 valence electrons. The Kier molecular flexibility index (Phi) is 8.03. The summed E-state index contributed by atoms with van der Waals surface area (Å²) >= 11 is 0. The molecule has 2 amide bonds. The maximum atomic E-state index is 13.6. The van der Waals surface area contributed by atoms with Crippen molar-refractivity contribution < 1.29 is 28.2 Å². The van der Waals surface area contributed by atoms with Crippen molar-refractivity contribution in [3.63, 3.8) is 0 Å². The summed E-state index contributed by atoms with van der Waals surface area (Å²) in [6.45, 7) is 5.14. The number of ether oxygens (including phenoxy) is 2. The van der Waals surface area contributed by atoms with E-state index in [1.54, 1.807) is 31.2 Å². The van der Waals surface area contributed by atoms with Gasteiger partial charge in [-0.1, -0.05) is 6.07 Å². The predicted molar refractivity (Wildman–Crippen MR) is 122 cm³/mol. The molecule has 1 aliphatic rings. The van der Waals surface area contributed by atoms with Crippen molar-refractivity contribution in [3.8, 4) is 5.75 Å². The molecule has 1 fully saturated rings. The molecule has 0 spiro atoms. The summed E-state index contributed by atoms with van der Waals surface area (Å²) in [5.41, 5.74) is 0.983. The van der Waals surface area contributed by atoms with E-state index < -0.39 is 24.3 Å².